The Morgan fingerprint density at radius 1 is 1.47 bits per heavy atom. The first-order chi connectivity index (χ1) is 9.11. The van der Waals surface area contributed by atoms with Crippen molar-refractivity contribution in [3.8, 4) is 6.07 Å². The van der Waals surface area contributed by atoms with E-state index in [2.05, 4.69) is 6.07 Å². The van der Waals surface area contributed by atoms with Crippen LogP contribution in [0.15, 0.2) is 18.2 Å². The van der Waals surface area contributed by atoms with E-state index in [9.17, 15) is 4.79 Å². The van der Waals surface area contributed by atoms with Gasteiger partial charge < -0.3 is 10.0 Å². The van der Waals surface area contributed by atoms with Crippen LogP contribution in [-0.2, 0) is 4.79 Å². The van der Waals surface area contributed by atoms with E-state index in [1.54, 1.807) is 23.1 Å². The number of carboxylic acid groups (broad SMARTS) is 1. The van der Waals surface area contributed by atoms with E-state index in [0.717, 1.165) is 25.7 Å². The van der Waals surface area contributed by atoms with Crippen molar-refractivity contribution >= 4 is 23.3 Å². The molecule has 0 radical (unpaired) electrons. The summed E-state index contributed by atoms with van der Waals surface area (Å²) in [5.41, 5.74) is 1.10. The molecule has 0 spiro atoms. The number of carboxylic acids is 1. The Labute approximate surface area is 117 Å². The minimum absolute atomic E-state index is 0.0975. The lowest BCUT2D eigenvalue weighted by atomic mass is 10.1. The lowest BCUT2D eigenvalue weighted by Crippen LogP contribution is -2.38. The number of benzene rings is 1. The number of rotatable bonds is 4. The standard InChI is InChI=1S/C14H15ClN2O2/c15-11-6-5-10(8-16)13(7-11)17(9-14(18)19)12-3-1-2-4-12/h5-7,12H,1-4,9H2,(H,18,19). The van der Waals surface area contributed by atoms with Gasteiger partial charge in [-0.1, -0.05) is 24.4 Å². The minimum atomic E-state index is -0.893. The molecule has 1 fully saturated rings. The fourth-order valence-electron chi connectivity index (χ4n) is 2.61. The van der Waals surface area contributed by atoms with Crippen LogP contribution in [0.2, 0.25) is 5.02 Å². The van der Waals surface area contributed by atoms with Crippen LogP contribution in [-0.4, -0.2) is 23.7 Å². The fraction of sp³-hybridized carbons (Fsp3) is 0.429. The van der Waals surface area contributed by atoms with Crippen molar-refractivity contribution in [2.45, 2.75) is 31.7 Å². The Bertz CT molecular complexity index is 519. The molecule has 5 heteroatoms. The highest BCUT2D eigenvalue weighted by Gasteiger charge is 2.26. The van der Waals surface area contributed by atoms with Gasteiger partial charge in [0.05, 0.1) is 11.3 Å². The van der Waals surface area contributed by atoms with Crippen molar-refractivity contribution in [1.82, 2.24) is 0 Å². The molecule has 1 aliphatic carbocycles. The Hall–Kier alpha value is -1.73. The topological polar surface area (TPSA) is 64.3 Å². The van der Waals surface area contributed by atoms with E-state index in [0.29, 0.717) is 16.3 Å². The molecule has 0 aliphatic heterocycles. The number of nitriles is 1. The summed E-state index contributed by atoms with van der Waals surface area (Å²) in [5.74, 6) is -0.893. The molecule has 0 saturated heterocycles. The highest BCUT2D eigenvalue weighted by Crippen LogP contribution is 2.31. The number of anilines is 1. The zero-order valence-electron chi connectivity index (χ0n) is 10.5. The maximum Gasteiger partial charge on any atom is 0.323 e. The summed E-state index contributed by atoms with van der Waals surface area (Å²) in [4.78, 5) is 12.9. The van der Waals surface area contributed by atoms with Gasteiger partial charge in [0.15, 0.2) is 0 Å². The van der Waals surface area contributed by atoms with E-state index in [1.807, 2.05) is 0 Å². The Morgan fingerprint density at radius 2 is 2.16 bits per heavy atom. The van der Waals surface area contributed by atoms with E-state index in [-0.39, 0.29) is 12.6 Å². The van der Waals surface area contributed by atoms with Crippen LogP contribution >= 0.6 is 11.6 Å². The SMILES string of the molecule is N#Cc1ccc(Cl)cc1N(CC(=O)O)C1CCCC1. The van der Waals surface area contributed by atoms with Gasteiger partial charge in [-0.15, -0.1) is 0 Å². The number of nitrogens with zero attached hydrogens (tertiary/aromatic N) is 2. The molecule has 0 unspecified atom stereocenters. The zero-order chi connectivity index (χ0) is 13.8. The van der Waals surface area contributed by atoms with Crippen molar-refractivity contribution in [2.75, 3.05) is 11.4 Å². The maximum absolute atomic E-state index is 11.1. The van der Waals surface area contributed by atoms with Crippen molar-refractivity contribution in [3.05, 3.63) is 28.8 Å². The molecule has 4 nitrogen and oxygen atoms in total. The quantitative estimate of drug-likeness (QED) is 0.919. The summed E-state index contributed by atoms with van der Waals surface area (Å²) < 4.78 is 0. The summed E-state index contributed by atoms with van der Waals surface area (Å²) in [5, 5.41) is 18.8. The third kappa shape index (κ3) is 3.18. The molecular weight excluding hydrogens is 264 g/mol. The van der Waals surface area contributed by atoms with Gasteiger partial charge in [0, 0.05) is 11.1 Å². The predicted molar refractivity (Wildman–Crippen MR) is 73.4 cm³/mol. The molecule has 1 aromatic rings. The van der Waals surface area contributed by atoms with Gasteiger partial charge in [0.2, 0.25) is 0 Å². The second-order valence-electron chi connectivity index (χ2n) is 4.73. The first-order valence-electron chi connectivity index (χ1n) is 6.30. The van der Waals surface area contributed by atoms with Crippen LogP contribution in [0.25, 0.3) is 0 Å². The number of halogens is 1. The van der Waals surface area contributed by atoms with Gasteiger partial charge in [0.25, 0.3) is 0 Å². The molecular formula is C14H15ClN2O2. The lowest BCUT2D eigenvalue weighted by Gasteiger charge is -2.30. The van der Waals surface area contributed by atoms with Crippen LogP contribution in [0.1, 0.15) is 31.2 Å². The molecule has 1 aromatic carbocycles. The molecule has 2 rings (SSSR count). The number of hydrogen-bond acceptors (Lipinski definition) is 3. The molecule has 0 heterocycles. The Morgan fingerprint density at radius 3 is 2.74 bits per heavy atom. The summed E-state index contributed by atoms with van der Waals surface area (Å²) in [6.45, 7) is -0.0975. The second-order valence-corrected chi connectivity index (χ2v) is 5.17. The number of carbonyl (C=O) groups is 1. The third-order valence-electron chi connectivity index (χ3n) is 3.46. The van der Waals surface area contributed by atoms with Gasteiger partial charge in [-0.2, -0.15) is 5.26 Å². The molecule has 0 atom stereocenters. The Balaban J connectivity index is 2.39. The van der Waals surface area contributed by atoms with E-state index < -0.39 is 5.97 Å². The maximum atomic E-state index is 11.1. The molecule has 19 heavy (non-hydrogen) atoms. The summed E-state index contributed by atoms with van der Waals surface area (Å²) in [6, 6.07) is 7.26. The molecule has 1 aliphatic rings. The summed E-state index contributed by atoms with van der Waals surface area (Å²) in [6.07, 6.45) is 4.13. The average Bonchev–Trinajstić information content (AvgIpc) is 2.89. The van der Waals surface area contributed by atoms with E-state index in [4.69, 9.17) is 22.0 Å². The van der Waals surface area contributed by atoms with Gasteiger partial charge in [-0.3, -0.25) is 4.79 Å². The molecule has 0 aromatic heterocycles. The fourth-order valence-corrected chi connectivity index (χ4v) is 2.78. The number of aliphatic carboxylic acids is 1. The molecule has 1 N–H and O–H groups in total. The van der Waals surface area contributed by atoms with Crippen molar-refractivity contribution < 1.29 is 9.90 Å². The van der Waals surface area contributed by atoms with Gasteiger partial charge >= 0.3 is 5.97 Å². The highest BCUT2D eigenvalue weighted by atomic mass is 35.5. The average molecular weight is 279 g/mol. The van der Waals surface area contributed by atoms with Gasteiger partial charge in [0.1, 0.15) is 12.6 Å². The van der Waals surface area contributed by atoms with Crippen LogP contribution in [0.3, 0.4) is 0 Å². The molecule has 100 valence electrons. The van der Waals surface area contributed by atoms with Crippen LogP contribution in [0.4, 0.5) is 5.69 Å². The van der Waals surface area contributed by atoms with E-state index >= 15 is 0 Å². The third-order valence-corrected chi connectivity index (χ3v) is 3.70. The molecule has 0 amide bonds. The normalized spacial score (nSPS) is 15.2. The smallest absolute Gasteiger partial charge is 0.323 e. The summed E-state index contributed by atoms with van der Waals surface area (Å²) in [7, 11) is 0. The first-order valence-corrected chi connectivity index (χ1v) is 6.67. The van der Waals surface area contributed by atoms with E-state index in [1.165, 1.54) is 0 Å². The zero-order valence-corrected chi connectivity index (χ0v) is 11.2. The largest absolute Gasteiger partial charge is 0.480 e. The van der Waals surface area contributed by atoms with Crippen molar-refractivity contribution in [2.24, 2.45) is 0 Å². The van der Waals surface area contributed by atoms with Crippen LogP contribution in [0.5, 0.6) is 0 Å². The van der Waals surface area contributed by atoms with Gasteiger partial charge in [-0.25, -0.2) is 0 Å². The van der Waals surface area contributed by atoms with Gasteiger partial charge in [-0.05, 0) is 31.0 Å². The monoisotopic (exact) mass is 278 g/mol. The lowest BCUT2D eigenvalue weighted by molar-refractivity contribution is -0.135. The molecule has 1 saturated carbocycles. The highest BCUT2D eigenvalue weighted by molar-refractivity contribution is 6.30. The van der Waals surface area contributed by atoms with Crippen molar-refractivity contribution in [3.63, 3.8) is 0 Å². The predicted octanol–water partition coefficient (Wildman–Crippen LogP) is 3.05. The minimum Gasteiger partial charge on any atom is -0.480 e. The second kappa shape index (κ2) is 5.94. The molecule has 0 bridgehead atoms. The van der Waals surface area contributed by atoms with Crippen molar-refractivity contribution in [1.29, 1.82) is 5.26 Å². The van der Waals surface area contributed by atoms with Crippen LogP contribution in [0, 0.1) is 11.3 Å². The number of hydrogen-bond donors (Lipinski definition) is 1. The van der Waals surface area contributed by atoms with Crippen LogP contribution < -0.4 is 4.90 Å². The Kier molecular flexibility index (Phi) is 4.28. The summed E-state index contributed by atoms with van der Waals surface area (Å²) >= 11 is 5.98. The first kappa shape index (κ1) is 13.7.